The summed E-state index contributed by atoms with van der Waals surface area (Å²) in [5.74, 6) is -0.654. The number of halogens is 3. The highest BCUT2D eigenvalue weighted by Crippen LogP contribution is 2.28. The third kappa shape index (κ3) is 10.9. The van der Waals surface area contributed by atoms with Crippen molar-refractivity contribution in [3.8, 4) is 0 Å². The van der Waals surface area contributed by atoms with Crippen molar-refractivity contribution in [3.63, 3.8) is 0 Å². The molecule has 1 fully saturated rings. The number of alkyl halides is 3. The molecule has 1 amide bonds. The Morgan fingerprint density at radius 3 is 2.57 bits per heavy atom. The van der Waals surface area contributed by atoms with Crippen molar-refractivity contribution >= 4 is 46.9 Å². The van der Waals surface area contributed by atoms with E-state index in [0.29, 0.717) is 0 Å². The van der Waals surface area contributed by atoms with E-state index in [1.807, 2.05) is 30.3 Å². The molecule has 0 bridgehead atoms. The molecule has 6 atom stereocenters. The second kappa shape index (κ2) is 15.7. The van der Waals surface area contributed by atoms with Crippen LogP contribution in [0.25, 0.3) is 0 Å². The van der Waals surface area contributed by atoms with Crippen molar-refractivity contribution < 1.29 is 43.1 Å². The Kier molecular flexibility index (Phi) is 13.4. The monoisotopic (exact) mass is 583 g/mol. The maximum Gasteiger partial charge on any atom is 0.407 e. The van der Waals surface area contributed by atoms with Gasteiger partial charge in [-0.05, 0) is 19.4 Å². The number of hydrogen-bond acceptors (Lipinski definition) is 9. The van der Waals surface area contributed by atoms with E-state index in [1.54, 1.807) is 6.92 Å². The summed E-state index contributed by atoms with van der Waals surface area (Å²) < 4.78 is 31.4. The minimum Gasteiger partial charge on any atom is -0.464 e. The van der Waals surface area contributed by atoms with Gasteiger partial charge in [-0.2, -0.15) is 0 Å². The van der Waals surface area contributed by atoms with Crippen molar-refractivity contribution in [2.75, 3.05) is 26.4 Å². The van der Waals surface area contributed by atoms with E-state index in [0.717, 1.165) is 5.56 Å². The molecule has 37 heavy (non-hydrogen) atoms. The van der Waals surface area contributed by atoms with Gasteiger partial charge >= 0.3 is 12.1 Å². The molecular weight excluding hydrogens is 553 g/mol. The number of carbonyl (C=O) groups is 2. The summed E-state index contributed by atoms with van der Waals surface area (Å²) in [6, 6.07) is 8.29. The molecule has 1 saturated heterocycles. The zero-order valence-corrected chi connectivity index (χ0v) is 22.8. The predicted molar refractivity (Wildman–Crippen MR) is 136 cm³/mol. The molecule has 2 rings (SSSR count). The fraction of sp³-hybridized carbons (Fsp3) is 0.583. The number of aliphatic hydroxyl groups excluding tert-OH is 1. The van der Waals surface area contributed by atoms with Crippen LogP contribution in [0.2, 0.25) is 0 Å². The largest absolute Gasteiger partial charge is 0.464 e. The number of rotatable bonds is 13. The average Bonchev–Trinajstić information content (AvgIpc) is 2.85. The molecule has 0 radical (unpaired) electrons. The lowest BCUT2D eigenvalue weighted by Gasteiger charge is -2.44. The number of nitrogens with one attached hydrogen (secondary N) is 1. The Morgan fingerprint density at radius 2 is 1.95 bits per heavy atom. The van der Waals surface area contributed by atoms with Crippen LogP contribution in [0.15, 0.2) is 43.0 Å². The Balaban J connectivity index is 2.22. The number of carbonyl (C=O) groups excluding carboxylic acids is 2. The first kappa shape index (κ1) is 31.6. The standard InChI is InChI=1S/C24H32Cl3NO9/c1-4-11-34-22-18(28-23(31)35-14-24(25,26)27)20(36-15(3)21(30)33-5-2)19(29)17(37-22)13-32-12-16-9-7-6-8-10-16/h4,6-10,15,17-20,22,29H,1,5,11-14H2,2-3H3,(H,28,31)/t15?,17?,18?,19-,20+,22+/m0/s1. The smallest absolute Gasteiger partial charge is 0.407 e. The number of amides is 1. The van der Waals surface area contributed by atoms with Gasteiger partial charge in [0.15, 0.2) is 12.4 Å². The number of hydrogen-bond donors (Lipinski definition) is 2. The topological polar surface area (TPSA) is 122 Å². The molecule has 1 heterocycles. The Morgan fingerprint density at radius 1 is 1.24 bits per heavy atom. The van der Waals surface area contributed by atoms with E-state index in [4.69, 9.17) is 63.2 Å². The average molecular weight is 585 g/mol. The van der Waals surface area contributed by atoms with Crippen LogP contribution in [0.4, 0.5) is 4.79 Å². The fourth-order valence-corrected chi connectivity index (χ4v) is 3.58. The van der Waals surface area contributed by atoms with Crippen LogP contribution < -0.4 is 5.32 Å². The van der Waals surface area contributed by atoms with Crippen molar-refractivity contribution in [3.05, 3.63) is 48.6 Å². The Hall–Kier alpha value is -1.63. The van der Waals surface area contributed by atoms with Crippen LogP contribution >= 0.6 is 34.8 Å². The number of ether oxygens (including phenoxy) is 6. The molecule has 0 saturated carbocycles. The molecule has 0 aromatic heterocycles. The van der Waals surface area contributed by atoms with Crippen molar-refractivity contribution in [2.24, 2.45) is 0 Å². The van der Waals surface area contributed by atoms with Crippen molar-refractivity contribution in [1.29, 1.82) is 0 Å². The molecule has 0 aliphatic carbocycles. The highest BCUT2D eigenvalue weighted by atomic mass is 35.6. The molecule has 1 aliphatic heterocycles. The predicted octanol–water partition coefficient (Wildman–Crippen LogP) is 3.29. The van der Waals surface area contributed by atoms with E-state index in [1.165, 1.54) is 13.0 Å². The molecule has 3 unspecified atom stereocenters. The highest BCUT2D eigenvalue weighted by molar-refractivity contribution is 6.67. The summed E-state index contributed by atoms with van der Waals surface area (Å²) >= 11 is 16.9. The van der Waals surface area contributed by atoms with Gasteiger partial charge in [0.2, 0.25) is 3.79 Å². The summed E-state index contributed by atoms with van der Waals surface area (Å²) in [6.07, 6.45) is -5.24. The van der Waals surface area contributed by atoms with Crippen LogP contribution in [-0.2, 0) is 39.8 Å². The minimum atomic E-state index is -1.84. The molecule has 10 nitrogen and oxygen atoms in total. The number of alkyl carbamates (subject to hydrolysis) is 1. The zero-order valence-electron chi connectivity index (χ0n) is 20.5. The SMILES string of the molecule is C=CCO[C@@H]1OC(COCc2ccccc2)[C@H](O)[C@H](OC(C)C(=O)OCC)C1NC(=O)OCC(Cl)(Cl)Cl. The normalized spacial score (nSPS) is 24.6. The molecule has 1 aliphatic rings. The second-order valence-corrected chi connectivity index (χ2v) is 10.5. The minimum absolute atomic E-state index is 0.0396. The molecule has 2 N–H and O–H groups in total. The van der Waals surface area contributed by atoms with Gasteiger partial charge in [-0.15, -0.1) is 6.58 Å². The third-order valence-corrected chi connectivity index (χ3v) is 5.40. The van der Waals surface area contributed by atoms with E-state index in [-0.39, 0.29) is 26.4 Å². The maximum absolute atomic E-state index is 12.5. The third-order valence-electron chi connectivity index (χ3n) is 5.08. The fourth-order valence-electron chi connectivity index (χ4n) is 3.42. The van der Waals surface area contributed by atoms with E-state index in [2.05, 4.69) is 11.9 Å². The van der Waals surface area contributed by atoms with E-state index in [9.17, 15) is 14.7 Å². The number of benzene rings is 1. The van der Waals surface area contributed by atoms with Crippen molar-refractivity contribution in [2.45, 2.75) is 61.0 Å². The Labute approximate surface area is 231 Å². The van der Waals surface area contributed by atoms with Crippen LogP contribution in [0.3, 0.4) is 0 Å². The van der Waals surface area contributed by atoms with Crippen LogP contribution in [-0.4, -0.2) is 84.1 Å². The summed E-state index contributed by atoms with van der Waals surface area (Å²) in [6.45, 7) is 6.58. The highest BCUT2D eigenvalue weighted by Gasteiger charge is 2.49. The second-order valence-electron chi connectivity index (χ2n) is 8.01. The van der Waals surface area contributed by atoms with Gasteiger partial charge in [0.25, 0.3) is 0 Å². The number of aliphatic hydroxyl groups is 1. The lowest BCUT2D eigenvalue weighted by Crippen LogP contribution is -2.66. The summed E-state index contributed by atoms with van der Waals surface area (Å²) in [7, 11) is 0. The summed E-state index contributed by atoms with van der Waals surface area (Å²) in [4.78, 5) is 24.7. The summed E-state index contributed by atoms with van der Waals surface area (Å²) in [5.41, 5.74) is 0.923. The van der Waals surface area contributed by atoms with E-state index >= 15 is 0 Å². The van der Waals surface area contributed by atoms with E-state index < -0.39 is 59.2 Å². The van der Waals surface area contributed by atoms with Gasteiger partial charge < -0.3 is 38.8 Å². The van der Waals surface area contributed by atoms with Gasteiger partial charge in [0.1, 0.15) is 31.0 Å². The number of esters is 1. The molecule has 1 aromatic carbocycles. The Bertz CT molecular complexity index is 856. The van der Waals surface area contributed by atoms with Gasteiger partial charge in [-0.25, -0.2) is 9.59 Å². The van der Waals surface area contributed by atoms with Gasteiger partial charge in [0.05, 0.1) is 26.4 Å². The quantitative estimate of drug-likeness (QED) is 0.204. The van der Waals surface area contributed by atoms with Crippen LogP contribution in [0, 0.1) is 0 Å². The van der Waals surface area contributed by atoms with Crippen LogP contribution in [0.1, 0.15) is 19.4 Å². The molecule has 13 heteroatoms. The maximum atomic E-state index is 12.5. The first-order valence-corrected chi connectivity index (χ1v) is 12.7. The molecule has 208 valence electrons. The summed E-state index contributed by atoms with van der Waals surface area (Å²) in [5, 5.41) is 13.7. The molecule has 0 spiro atoms. The van der Waals surface area contributed by atoms with Gasteiger partial charge in [-0.1, -0.05) is 71.2 Å². The lowest BCUT2D eigenvalue weighted by atomic mass is 9.96. The molecular formula is C24H32Cl3NO9. The van der Waals surface area contributed by atoms with Crippen molar-refractivity contribution in [1.82, 2.24) is 5.32 Å². The van der Waals surface area contributed by atoms with Crippen LogP contribution in [0.5, 0.6) is 0 Å². The molecule has 1 aromatic rings. The lowest BCUT2D eigenvalue weighted by molar-refractivity contribution is -0.281. The zero-order chi connectivity index (χ0) is 27.4. The van der Waals surface area contributed by atoms with Gasteiger partial charge in [-0.3, -0.25) is 0 Å². The first-order valence-electron chi connectivity index (χ1n) is 11.6. The van der Waals surface area contributed by atoms with Gasteiger partial charge in [0, 0.05) is 0 Å². The first-order chi connectivity index (χ1) is 17.6.